The molecule has 6 heteroatoms. The van der Waals surface area contributed by atoms with Gasteiger partial charge >= 0.3 is 7.12 Å². The first-order valence-corrected chi connectivity index (χ1v) is 3.75. The van der Waals surface area contributed by atoms with E-state index in [1.807, 2.05) is 0 Å². The van der Waals surface area contributed by atoms with Crippen LogP contribution in [0.5, 0.6) is 0 Å². The molecule has 0 fully saturated rings. The maximum Gasteiger partial charge on any atom is 0.492 e. The number of nitro benzene ring substituents is 1. The highest BCUT2D eigenvalue weighted by Crippen LogP contribution is 2.15. The Hall–Kier alpha value is -1.40. The molecule has 0 amide bonds. The third-order valence-corrected chi connectivity index (χ3v) is 2.00. The van der Waals surface area contributed by atoms with E-state index in [1.165, 1.54) is 12.1 Å². The predicted octanol–water partition coefficient (Wildman–Crippen LogP) is -0.188. The second-order valence-electron chi connectivity index (χ2n) is 2.80. The standard InChI is InChI=1S/C7H6BNO4/c10-8-7-3-6(9(11)12)2-1-5(7)4-13-8/h1-3,10H,4H2. The lowest BCUT2D eigenvalue weighted by Crippen LogP contribution is -2.28. The van der Waals surface area contributed by atoms with Crippen LogP contribution in [0.15, 0.2) is 18.2 Å². The lowest BCUT2D eigenvalue weighted by atomic mass is 9.79. The highest BCUT2D eigenvalue weighted by atomic mass is 16.6. The van der Waals surface area contributed by atoms with Crippen molar-refractivity contribution >= 4 is 18.3 Å². The van der Waals surface area contributed by atoms with Crippen LogP contribution in [0, 0.1) is 10.1 Å². The fraction of sp³-hybridized carbons (Fsp3) is 0.143. The van der Waals surface area contributed by atoms with Crippen LogP contribution in [0.25, 0.3) is 0 Å². The number of non-ortho nitro benzene ring substituents is 1. The average molecular weight is 179 g/mol. The fourth-order valence-electron chi connectivity index (χ4n) is 1.32. The monoisotopic (exact) mass is 179 g/mol. The molecule has 66 valence electrons. The number of nitro groups is 1. The van der Waals surface area contributed by atoms with Crippen molar-refractivity contribution in [2.24, 2.45) is 0 Å². The van der Waals surface area contributed by atoms with Gasteiger partial charge in [-0.25, -0.2) is 0 Å². The van der Waals surface area contributed by atoms with E-state index in [1.54, 1.807) is 6.07 Å². The zero-order valence-electron chi connectivity index (χ0n) is 6.64. The summed E-state index contributed by atoms with van der Waals surface area (Å²) in [6.45, 7) is 0.314. The SMILES string of the molecule is O=[N+]([O-])c1ccc2c(c1)B(O)OC2. The van der Waals surface area contributed by atoms with Crippen LogP contribution in [0.3, 0.4) is 0 Å². The number of rotatable bonds is 1. The highest BCUT2D eigenvalue weighted by molar-refractivity contribution is 6.61. The minimum absolute atomic E-state index is 0.0247. The van der Waals surface area contributed by atoms with Crippen molar-refractivity contribution in [3.8, 4) is 0 Å². The van der Waals surface area contributed by atoms with E-state index < -0.39 is 12.0 Å². The normalized spacial score (nSPS) is 14.4. The third kappa shape index (κ3) is 1.30. The fourth-order valence-corrected chi connectivity index (χ4v) is 1.32. The van der Waals surface area contributed by atoms with Gasteiger partial charge in [0, 0.05) is 12.1 Å². The van der Waals surface area contributed by atoms with E-state index >= 15 is 0 Å². The summed E-state index contributed by atoms with van der Waals surface area (Å²) in [5, 5.41) is 19.6. The molecule has 0 bridgehead atoms. The number of fused-ring (bicyclic) bond motifs is 1. The van der Waals surface area contributed by atoms with Crippen molar-refractivity contribution in [3.05, 3.63) is 33.9 Å². The molecular formula is C7H6BNO4. The molecule has 0 aromatic heterocycles. The molecule has 0 aliphatic carbocycles. The molecule has 1 heterocycles. The van der Waals surface area contributed by atoms with Gasteiger partial charge in [0.1, 0.15) is 0 Å². The molecule has 1 aromatic carbocycles. The molecule has 1 aromatic rings. The van der Waals surface area contributed by atoms with Crippen molar-refractivity contribution in [3.63, 3.8) is 0 Å². The van der Waals surface area contributed by atoms with Crippen LogP contribution in [0.1, 0.15) is 5.56 Å². The molecule has 0 spiro atoms. The molecule has 2 rings (SSSR count). The lowest BCUT2D eigenvalue weighted by Gasteiger charge is -1.96. The molecule has 0 radical (unpaired) electrons. The summed E-state index contributed by atoms with van der Waals surface area (Å²) in [6.07, 6.45) is 0. The van der Waals surface area contributed by atoms with Crippen LogP contribution in [-0.2, 0) is 11.3 Å². The summed E-state index contributed by atoms with van der Waals surface area (Å²) >= 11 is 0. The highest BCUT2D eigenvalue weighted by Gasteiger charge is 2.28. The zero-order valence-corrected chi connectivity index (χ0v) is 6.64. The summed E-state index contributed by atoms with van der Waals surface area (Å²) in [5.74, 6) is 0. The number of hydrogen-bond donors (Lipinski definition) is 1. The Morgan fingerprint density at radius 2 is 2.38 bits per heavy atom. The smallest absolute Gasteiger partial charge is 0.423 e. The molecule has 0 saturated heterocycles. The first-order valence-electron chi connectivity index (χ1n) is 3.75. The molecule has 13 heavy (non-hydrogen) atoms. The molecule has 0 unspecified atom stereocenters. The molecule has 1 N–H and O–H groups in total. The van der Waals surface area contributed by atoms with Gasteiger partial charge in [0.05, 0.1) is 11.5 Å². The van der Waals surface area contributed by atoms with E-state index in [-0.39, 0.29) is 5.69 Å². The number of benzene rings is 1. The third-order valence-electron chi connectivity index (χ3n) is 2.00. The van der Waals surface area contributed by atoms with Gasteiger partial charge in [-0.15, -0.1) is 0 Å². The van der Waals surface area contributed by atoms with Crippen LogP contribution >= 0.6 is 0 Å². The maximum absolute atomic E-state index is 10.4. The van der Waals surface area contributed by atoms with Gasteiger partial charge in [-0.1, -0.05) is 6.07 Å². The van der Waals surface area contributed by atoms with Crippen LogP contribution in [0.2, 0.25) is 0 Å². The van der Waals surface area contributed by atoms with E-state index in [0.717, 1.165) is 5.56 Å². The number of hydrogen-bond acceptors (Lipinski definition) is 4. The van der Waals surface area contributed by atoms with Crippen molar-refractivity contribution < 1.29 is 14.6 Å². The largest absolute Gasteiger partial charge is 0.492 e. The van der Waals surface area contributed by atoms with Crippen LogP contribution < -0.4 is 5.46 Å². The Morgan fingerprint density at radius 1 is 1.62 bits per heavy atom. The first-order chi connectivity index (χ1) is 6.18. The first kappa shape index (κ1) is 8.21. The van der Waals surface area contributed by atoms with Crippen molar-refractivity contribution in [2.75, 3.05) is 0 Å². The average Bonchev–Trinajstić information content (AvgIpc) is 2.47. The Bertz CT molecular complexity index is 368. The van der Waals surface area contributed by atoms with Gasteiger partial charge < -0.3 is 9.68 Å². The molecular weight excluding hydrogens is 173 g/mol. The van der Waals surface area contributed by atoms with Crippen molar-refractivity contribution in [2.45, 2.75) is 6.61 Å². The van der Waals surface area contributed by atoms with E-state index in [2.05, 4.69) is 0 Å². The summed E-state index contributed by atoms with van der Waals surface area (Å²) in [5.41, 5.74) is 1.27. The second kappa shape index (κ2) is 2.83. The van der Waals surface area contributed by atoms with Gasteiger partial charge in [-0.05, 0) is 11.0 Å². The topological polar surface area (TPSA) is 72.6 Å². The van der Waals surface area contributed by atoms with Gasteiger partial charge in [-0.2, -0.15) is 0 Å². The summed E-state index contributed by atoms with van der Waals surface area (Å²) in [4.78, 5) is 9.90. The van der Waals surface area contributed by atoms with Gasteiger partial charge in [0.25, 0.3) is 5.69 Å². The predicted molar refractivity (Wildman–Crippen MR) is 45.5 cm³/mol. The minimum atomic E-state index is -1.02. The Balaban J connectivity index is 2.47. The zero-order chi connectivity index (χ0) is 9.42. The molecule has 0 saturated carbocycles. The molecule has 1 aliphatic heterocycles. The van der Waals surface area contributed by atoms with Crippen LogP contribution in [0.4, 0.5) is 5.69 Å². The van der Waals surface area contributed by atoms with Gasteiger partial charge in [0.2, 0.25) is 0 Å². The Labute approximate surface area is 74.2 Å². The van der Waals surface area contributed by atoms with Gasteiger partial charge in [0.15, 0.2) is 0 Å². The van der Waals surface area contributed by atoms with E-state index in [9.17, 15) is 15.1 Å². The van der Waals surface area contributed by atoms with E-state index in [4.69, 9.17) is 4.65 Å². The van der Waals surface area contributed by atoms with Crippen LogP contribution in [-0.4, -0.2) is 17.1 Å². The van der Waals surface area contributed by atoms with E-state index in [0.29, 0.717) is 12.1 Å². The lowest BCUT2D eigenvalue weighted by molar-refractivity contribution is -0.384. The second-order valence-corrected chi connectivity index (χ2v) is 2.80. The summed E-state index contributed by atoms with van der Waals surface area (Å²) in [6, 6.07) is 4.34. The minimum Gasteiger partial charge on any atom is -0.423 e. The van der Waals surface area contributed by atoms with Crippen molar-refractivity contribution in [1.82, 2.24) is 0 Å². The maximum atomic E-state index is 10.4. The summed E-state index contributed by atoms with van der Waals surface area (Å²) < 4.78 is 4.89. The Kier molecular flexibility index (Phi) is 1.79. The quantitative estimate of drug-likeness (QED) is 0.368. The van der Waals surface area contributed by atoms with Gasteiger partial charge in [-0.3, -0.25) is 10.1 Å². The summed E-state index contributed by atoms with van der Waals surface area (Å²) in [7, 11) is -1.02. The van der Waals surface area contributed by atoms with Crippen molar-refractivity contribution in [1.29, 1.82) is 0 Å². The number of nitrogens with zero attached hydrogens (tertiary/aromatic N) is 1. The molecule has 1 aliphatic rings. The molecule has 0 atom stereocenters. The Morgan fingerprint density at radius 3 is 3.08 bits per heavy atom. The molecule has 5 nitrogen and oxygen atoms in total.